The minimum Gasteiger partial charge on any atom is -0.507 e. The van der Waals surface area contributed by atoms with Gasteiger partial charge in [0.05, 0.1) is 0 Å². The van der Waals surface area contributed by atoms with Crippen LogP contribution in [0.1, 0.15) is 11.1 Å². The highest BCUT2D eigenvalue weighted by molar-refractivity contribution is 5.78. The average Bonchev–Trinajstić information content (AvgIpc) is 2.57. The van der Waals surface area contributed by atoms with E-state index in [9.17, 15) is 5.11 Å². The first kappa shape index (κ1) is 13.2. The Hall–Kier alpha value is -2.80. The number of benzene rings is 3. The molecule has 102 valence electrons. The monoisotopic (exact) mass is 272 g/mol. The lowest BCUT2D eigenvalue weighted by Crippen LogP contribution is -1.85. The first-order valence-corrected chi connectivity index (χ1v) is 6.94. The van der Waals surface area contributed by atoms with E-state index in [1.807, 2.05) is 66.7 Å². The van der Waals surface area contributed by atoms with Gasteiger partial charge >= 0.3 is 0 Å². The zero-order valence-electron chi connectivity index (χ0n) is 11.6. The molecule has 0 aromatic heterocycles. The van der Waals surface area contributed by atoms with Crippen LogP contribution in [0, 0.1) is 0 Å². The van der Waals surface area contributed by atoms with Crippen LogP contribution in [0.2, 0.25) is 0 Å². The number of aliphatic hydroxyl groups excluding tert-OH is 1. The van der Waals surface area contributed by atoms with Gasteiger partial charge in [0, 0.05) is 5.56 Å². The van der Waals surface area contributed by atoms with Crippen LogP contribution in [-0.2, 0) is 0 Å². The molecule has 1 heteroatoms. The summed E-state index contributed by atoms with van der Waals surface area (Å²) < 4.78 is 0. The number of rotatable bonds is 3. The lowest BCUT2D eigenvalue weighted by molar-refractivity contribution is 0.515. The van der Waals surface area contributed by atoms with E-state index in [-0.39, 0.29) is 5.76 Å². The Morgan fingerprint density at radius 2 is 1.29 bits per heavy atom. The highest BCUT2D eigenvalue weighted by atomic mass is 16.3. The van der Waals surface area contributed by atoms with Gasteiger partial charge in [-0.3, -0.25) is 0 Å². The lowest BCUT2D eigenvalue weighted by Gasteiger charge is -2.05. The maximum Gasteiger partial charge on any atom is 0.123 e. The van der Waals surface area contributed by atoms with E-state index < -0.39 is 0 Å². The molecule has 3 rings (SSSR count). The van der Waals surface area contributed by atoms with Gasteiger partial charge < -0.3 is 5.11 Å². The molecule has 0 fully saturated rings. The molecule has 0 aliphatic rings. The number of aliphatic hydroxyl groups is 1. The van der Waals surface area contributed by atoms with Crippen LogP contribution < -0.4 is 0 Å². The van der Waals surface area contributed by atoms with Crippen LogP contribution in [0.4, 0.5) is 0 Å². The molecular formula is C20H16O. The van der Waals surface area contributed by atoms with E-state index in [4.69, 9.17) is 0 Å². The van der Waals surface area contributed by atoms with E-state index in [0.717, 1.165) is 22.3 Å². The van der Waals surface area contributed by atoms with Crippen molar-refractivity contribution in [2.75, 3.05) is 0 Å². The molecule has 0 heterocycles. The van der Waals surface area contributed by atoms with Crippen molar-refractivity contribution >= 4 is 11.8 Å². The summed E-state index contributed by atoms with van der Waals surface area (Å²) in [6.45, 7) is 0. The molecule has 0 aliphatic heterocycles. The van der Waals surface area contributed by atoms with Gasteiger partial charge in [-0.1, -0.05) is 78.9 Å². The normalized spacial score (nSPS) is 11.3. The maximum absolute atomic E-state index is 10.3. The molecule has 0 bridgehead atoms. The molecule has 1 nitrogen and oxygen atoms in total. The highest BCUT2D eigenvalue weighted by Gasteiger charge is 2.02. The van der Waals surface area contributed by atoms with Gasteiger partial charge in [-0.05, 0) is 28.8 Å². The van der Waals surface area contributed by atoms with Gasteiger partial charge in [0.2, 0.25) is 0 Å². The molecule has 0 atom stereocenters. The zero-order valence-corrected chi connectivity index (χ0v) is 11.6. The second-order valence-corrected chi connectivity index (χ2v) is 4.89. The highest BCUT2D eigenvalue weighted by Crippen LogP contribution is 2.23. The van der Waals surface area contributed by atoms with E-state index in [1.54, 1.807) is 6.08 Å². The SMILES string of the molecule is O/C(=C/c1ccccc1)c1cccc(-c2ccccc2)c1. The van der Waals surface area contributed by atoms with Gasteiger partial charge in [-0.15, -0.1) is 0 Å². The quantitative estimate of drug-likeness (QED) is 0.499. The Morgan fingerprint density at radius 1 is 0.667 bits per heavy atom. The lowest BCUT2D eigenvalue weighted by atomic mass is 10.0. The third kappa shape index (κ3) is 3.21. The predicted octanol–water partition coefficient (Wildman–Crippen LogP) is 5.41. The molecule has 0 radical (unpaired) electrons. The summed E-state index contributed by atoms with van der Waals surface area (Å²) in [5.41, 5.74) is 4.05. The van der Waals surface area contributed by atoms with Crippen LogP contribution in [-0.4, -0.2) is 5.11 Å². The Kier molecular flexibility index (Phi) is 3.83. The van der Waals surface area contributed by atoms with Crippen molar-refractivity contribution in [3.05, 3.63) is 96.1 Å². The number of hydrogen-bond donors (Lipinski definition) is 1. The largest absolute Gasteiger partial charge is 0.507 e. The fourth-order valence-electron chi connectivity index (χ4n) is 2.28. The maximum atomic E-state index is 10.3. The minimum atomic E-state index is 0.277. The van der Waals surface area contributed by atoms with E-state index >= 15 is 0 Å². The summed E-state index contributed by atoms with van der Waals surface area (Å²) in [6.07, 6.45) is 1.78. The van der Waals surface area contributed by atoms with Crippen LogP contribution in [0.5, 0.6) is 0 Å². The predicted molar refractivity (Wildman–Crippen MR) is 88.8 cm³/mol. The fraction of sp³-hybridized carbons (Fsp3) is 0. The molecule has 0 saturated carbocycles. The van der Waals surface area contributed by atoms with E-state index in [1.165, 1.54) is 0 Å². The zero-order chi connectivity index (χ0) is 14.5. The van der Waals surface area contributed by atoms with Gasteiger partial charge in [-0.2, -0.15) is 0 Å². The van der Waals surface area contributed by atoms with Crippen LogP contribution in [0.3, 0.4) is 0 Å². The summed E-state index contributed by atoms with van der Waals surface area (Å²) in [5.74, 6) is 0.277. The number of hydrogen-bond acceptors (Lipinski definition) is 1. The fourth-order valence-corrected chi connectivity index (χ4v) is 2.28. The van der Waals surface area contributed by atoms with Crippen LogP contribution in [0.15, 0.2) is 84.9 Å². The molecule has 0 amide bonds. The van der Waals surface area contributed by atoms with Crippen molar-refractivity contribution in [2.24, 2.45) is 0 Å². The summed E-state index contributed by atoms with van der Waals surface area (Å²) in [6, 6.07) is 27.9. The van der Waals surface area contributed by atoms with Crippen molar-refractivity contribution in [1.29, 1.82) is 0 Å². The third-order valence-corrected chi connectivity index (χ3v) is 3.37. The Bertz CT molecular complexity index is 743. The van der Waals surface area contributed by atoms with Gasteiger partial charge in [-0.25, -0.2) is 0 Å². The van der Waals surface area contributed by atoms with Crippen molar-refractivity contribution in [1.82, 2.24) is 0 Å². The summed E-state index contributed by atoms with van der Waals surface area (Å²) in [5, 5.41) is 10.3. The Morgan fingerprint density at radius 3 is 2.00 bits per heavy atom. The van der Waals surface area contributed by atoms with Gasteiger partial charge in [0.1, 0.15) is 5.76 Å². The molecular weight excluding hydrogens is 256 g/mol. The molecule has 0 unspecified atom stereocenters. The van der Waals surface area contributed by atoms with E-state index in [0.29, 0.717) is 0 Å². The summed E-state index contributed by atoms with van der Waals surface area (Å²) in [4.78, 5) is 0. The minimum absolute atomic E-state index is 0.277. The van der Waals surface area contributed by atoms with Gasteiger partial charge in [0.15, 0.2) is 0 Å². The Balaban J connectivity index is 1.95. The molecule has 1 N–H and O–H groups in total. The smallest absolute Gasteiger partial charge is 0.123 e. The first-order valence-electron chi connectivity index (χ1n) is 6.94. The van der Waals surface area contributed by atoms with Crippen molar-refractivity contribution < 1.29 is 5.11 Å². The molecule has 3 aromatic rings. The molecule has 3 aromatic carbocycles. The topological polar surface area (TPSA) is 20.2 Å². The van der Waals surface area contributed by atoms with Gasteiger partial charge in [0.25, 0.3) is 0 Å². The third-order valence-electron chi connectivity index (χ3n) is 3.37. The molecule has 0 spiro atoms. The summed E-state index contributed by atoms with van der Waals surface area (Å²) >= 11 is 0. The Labute approximate surface area is 124 Å². The van der Waals surface area contributed by atoms with Crippen molar-refractivity contribution in [3.63, 3.8) is 0 Å². The second-order valence-electron chi connectivity index (χ2n) is 4.89. The van der Waals surface area contributed by atoms with Crippen LogP contribution >= 0.6 is 0 Å². The molecule has 0 aliphatic carbocycles. The van der Waals surface area contributed by atoms with Crippen LogP contribution in [0.25, 0.3) is 23.0 Å². The first-order chi connectivity index (χ1) is 10.3. The average molecular weight is 272 g/mol. The van der Waals surface area contributed by atoms with Crippen molar-refractivity contribution in [2.45, 2.75) is 0 Å². The second kappa shape index (κ2) is 6.10. The summed E-state index contributed by atoms with van der Waals surface area (Å²) in [7, 11) is 0. The molecule has 21 heavy (non-hydrogen) atoms. The van der Waals surface area contributed by atoms with E-state index in [2.05, 4.69) is 18.2 Å². The molecule has 0 saturated heterocycles. The standard InChI is InChI=1S/C20H16O/c21-20(14-16-8-3-1-4-9-16)19-13-7-12-18(15-19)17-10-5-2-6-11-17/h1-15,21H/b20-14+. The van der Waals surface area contributed by atoms with Crippen molar-refractivity contribution in [3.8, 4) is 11.1 Å².